The van der Waals surface area contributed by atoms with Crippen molar-refractivity contribution in [2.75, 3.05) is 39.0 Å². The van der Waals surface area contributed by atoms with Crippen LogP contribution in [0.3, 0.4) is 0 Å². The second kappa shape index (κ2) is 11.4. The van der Waals surface area contributed by atoms with E-state index in [-0.39, 0.29) is 63.3 Å². The number of nitrogen functional groups attached to an aromatic ring is 1. The largest absolute Gasteiger partial charge is 0.472 e. The number of likely N-dealkylation sites (N-methyl/N-ethyl adjacent to an activating group) is 1. The van der Waals surface area contributed by atoms with Gasteiger partial charge in [0.15, 0.2) is 10.9 Å². The zero-order valence-electron chi connectivity index (χ0n) is 23.5. The summed E-state index contributed by atoms with van der Waals surface area (Å²) in [5.74, 6) is -2.73. The number of anilines is 1. The molecule has 6 rings (SSSR count). The van der Waals surface area contributed by atoms with Crippen LogP contribution in [-0.4, -0.2) is 76.1 Å². The lowest BCUT2D eigenvalue weighted by molar-refractivity contribution is -0.137. The molecule has 2 unspecified atom stereocenters. The van der Waals surface area contributed by atoms with Gasteiger partial charge in [0.2, 0.25) is 11.8 Å². The molecule has 0 bridgehead atoms. The average molecular weight is 635 g/mol. The number of aromatic nitrogens is 3. The van der Waals surface area contributed by atoms with Crippen LogP contribution in [-0.2, 0) is 11.0 Å². The third-order valence-corrected chi connectivity index (χ3v) is 8.84. The Morgan fingerprint density at radius 3 is 2.68 bits per heavy atom. The number of hydrogen-bond donors (Lipinski definition) is 1. The lowest BCUT2D eigenvalue weighted by atomic mass is 9.95. The van der Waals surface area contributed by atoms with Crippen LogP contribution in [0.15, 0.2) is 30.9 Å². The van der Waals surface area contributed by atoms with Crippen molar-refractivity contribution < 1.29 is 36.2 Å². The van der Waals surface area contributed by atoms with Gasteiger partial charge in [0.25, 0.3) is 0 Å². The number of likely N-dealkylation sites (tertiary alicyclic amines) is 2. The quantitative estimate of drug-likeness (QED) is 0.212. The van der Waals surface area contributed by atoms with Crippen molar-refractivity contribution in [2.45, 2.75) is 37.6 Å². The van der Waals surface area contributed by atoms with Gasteiger partial charge in [0.05, 0.1) is 27.7 Å². The molecule has 2 aliphatic heterocycles. The van der Waals surface area contributed by atoms with E-state index in [4.69, 9.17) is 15.2 Å². The summed E-state index contributed by atoms with van der Waals surface area (Å²) in [6.07, 6.45) is -2.36. The first-order chi connectivity index (χ1) is 20.9. The highest BCUT2D eigenvalue weighted by Crippen LogP contribution is 2.46. The summed E-state index contributed by atoms with van der Waals surface area (Å²) < 4.78 is 86.7. The average Bonchev–Trinajstić information content (AvgIpc) is 3.72. The first kappa shape index (κ1) is 29.9. The van der Waals surface area contributed by atoms with Crippen molar-refractivity contribution in [2.24, 2.45) is 0 Å². The number of halogens is 5. The monoisotopic (exact) mass is 634 g/mol. The molecule has 4 heterocycles. The van der Waals surface area contributed by atoms with Gasteiger partial charge in [-0.2, -0.15) is 23.1 Å². The predicted molar refractivity (Wildman–Crippen MR) is 154 cm³/mol. The van der Waals surface area contributed by atoms with Crippen molar-refractivity contribution in [3.63, 3.8) is 0 Å². The van der Waals surface area contributed by atoms with E-state index in [0.29, 0.717) is 19.0 Å². The fourth-order valence-electron chi connectivity index (χ4n) is 5.69. The molecular formula is C29H27F5N6O3S. The van der Waals surface area contributed by atoms with Crippen molar-refractivity contribution in [3.8, 4) is 23.0 Å². The SMILES string of the molecule is C=CC(=O)N1CCC(Oc2nc(OCC3CCCN3C)nc3c(F)c(-c4ccc(F)c5sc(N)nc45)c(C(F)(F)F)cc23)C1. The number of amides is 1. The molecule has 2 atom stereocenters. The molecule has 44 heavy (non-hydrogen) atoms. The number of thiazole rings is 1. The number of rotatable bonds is 7. The minimum Gasteiger partial charge on any atom is -0.472 e. The molecule has 2 saturated heterocycles. The molecule has 0 spiro atoms. The first-order valence-corrected chi connectivity index (χ1v) is 14.6. The van der Waals surface area contributed by atoms with E-state index in [1.165, 1.54) is 4.90 Å². The van der Waals surface area contributed by atoms with Gasteiger partial charge >= 0.3 is 12.2 Å². The zero-order chi connectivity index (χ0) is 31.3. The molecule has 4 aromatic rings. The summed E-state index contributed by atoms with van der Waals surface area (Å²) in [4.78, 5) is 28.1. The normalized spacial score (nSPS) is 19.3. The van der Waals surface area contributed by atoms with Gasteiger partial charge in [-0.05, 0) is 50.7 Å². The van der Waals surface area contributed by atoms with Crippen molar-refractivity contribution in [1.29, 1.82) is 0 Å². The second-order valence-corrected chi connectivity index (χ2v) is 11.8. The Morgan fingerprint density at radius 1 is 1.18 bits per heavy atom. The van der Waals surface area contributed by atoms with Crippen LogP contribution in [0.1, 0.15) is 24.8 Å². The minimum atomic E-state index is -5.05. The number of fused-ring (bicyclic) bond motifs is 2. The molecule has 15 heteroatoms. The Kier molecular flexibility index (Phi) is 7.78. The number of carbonyl (C=O) groups is 1. The van der Waals surface area contributed by atoms with Gasteiger partial charge in [0.1, 0.15) is 24.0 Å². The molecule has 0 saturated carbocycles. The van der Waals surface area contributed by atoms with Gasteiger partial charge in [0, 0.05) is 30.1 Å². The van der Waals surface area contributed by atoms with Crippen LogP contribution >= 0.6 is 11.3 Å². The lowest BCUT2D eigenvalue weighted by Gasteiger charge is -2.21. The molecule has 0 radical (unpaired) electrons. The number of alkyl halides is 3. The van der Waals surface area contributed by atoms with Gasteiger partial charge < -0.3 is 25.0 Å². The van der Waals surface area contributed by atoms with Gasteiger partial charge in [-0.15, -0.1) is 0 Å². The van der Waals surface area contributed by atoms with E-state index >= 15 is 4.39 Å². The van der Waals surface area contributed by atoms with Gasteiger partial charge in [-0.3, -0.25) is 4.79 Å². The van der Waals surface area contributed by atoms with Gasteiger partial charge in [-0.25, -0.2) is 13.8 Å². The maximum Gasteiger partial charge on any atom is 0.417 e. The number of nitrogens with two attached hydrogens (primary N) is 1. The Hall–Kier alpha value is -4.11. The molecule has 9 nitrogen and oxygen atoms in total. The van der Waals surface area contributed by atoms with Crippen LogP contribution in [0.2, 0.25) is 0 Å². The molecule has 2 aromatic carbocycles. The van der Waals surface area contributed by atoms with Crippen LogP contribution < -0.4 is 15.2 Å². The molecule has 2 N–H and O–H groups in total. The van der Waals surface area contributed by atoms with Crippen molar-refractivity contribution in [3.05, 3.63) is 48.1 Å². The maximum atomic E-state index is 16.5. The third-order valence-electron chi connectivity index (χ3n) is 7.95. The molecule has 2 aromatic heterocycles. The van der Waals surface area contributed by atoms with Crippen molar-refractivity contribution >= 4 is 43.5 Å². The van der Waals surface area contributed by atoms with Crippen LogP contribution in [0.25, 0.3) is 32.2 Å². The van der Waals surface area contributed by atoms with E-state index in [1.54, 1.807) is 0 Å². The topological polar surface area (TPSA) is 107 Å². The highest BCUT2D eigenvalue weighted by atomic mass is 32.1. The third kappa shape index (κ3) is 5.49. The Balaban J connectivity index is 1.52. The summed E-state index contributed by atoms with van der Waals surface area (Å²) in [6, 6.07) is 2.45. The summed E-state index contributed by atoms with van der Waals surface area (Å²) in [5.41, 5.74) is 2.54. The molecule has 1 amide bonds. The number of nitrogens with zero attached hydrogens (tertiary/aromatic N) is 5. The highest BCUT2D eigenvalue weighted by molar-refractivity contribution is 7.22. The lowest BCUT2D eigenvalue weighted by Crippen LogP contribution is -2.31. The molecular weight excluding hydrogens is 607 g/mol. The first-order valence-electron chi connectivity index (χ1n) is 13.8. The summed E-state index contributed by atoms with van der Waals surface area (Å²) in [7, 11) is 1.94. The summed E-state index contributed by atoms with van der Waals surface area (Å²) in [6.45, 7) is 4.97. The van der Waals surface area contributed by atoms with Crippen LogP contribution in [0.4, 0.5) is 27.1 Å². The summed E-state index contributed by atoms with van der Waals surface area (Å²) >= 11 is 0.740. The Labute approximate surface area is 252 Å². The molecule has 2 aliphatic rings. The van der Waals surface area contributed by atoms with E-state index in [2.05, 4.69) is 26.4 Å². The zero-order valence-corrected chi connectivity index (χ0v) is 24.3. The fourth-order valence-corrected chi connectivity index (χ4v) is 6.45. The molecule has 2 fully saturated rings. The standard InChI is InChI=1S/C29H27F5N6O3S/c1-3-20(41)40-10-8-15(12-40)43-26-17-11-18(29(32,33)34)21(16-6-7-19(30)25-24(16)36-27(35)44-25)22(31)23(17)37-28(38-26)42-13-14-5-4-9-39(14)2/h3,6-7,11,14-15H,1,4-5,8-10,12-13H2,2H3,(H2,35,36). The number of carbonyl (C=O) groups excluding carboxylic acids is 1. The summed E-state index contributed by atoms with van der Waals surface area (Å²) in [5, 5.41) is -0.430. The van der Waals surface area contributed by atoms with E-state index in [0.717, 1.165) is 48.9 Å². The van der Waals surface area contributed by atoms with E-state index in [1.807, 2.05) is 7.05 Å². The number of hydrogen-bond acceptors (Lipinski definition) is 9. The van der Waals surface area contributed by atoms with E-state index in [9.17, 15) is 22.4 Å². The van der Waals surface area contributed by atoms with E-state index < -0.39 is 40.6 Å². The van der Waals surface area contributed by atoms with Crippen LogP contribution in [0.5, 0.6) is 11.9 Å². The maximum absolute atomic E-state index is 16.5. The minimum absolute atomic E-state index is 0.0441. The van der Waals surface area contributed by atoms with Gasteiger partial charge in [-0.1, -0.05) is 17.9 Å². The Bertz CT molecular complexity index is 1780. The van der Waals surface area contributed by atoms with Crippen LogP contribution in [0, 0.1) is 11.6 Å². The fraction of sp³-hybridized carbons (Fsp3) is 0.379. The number of benzene rings is 2. The number of ether oxygens (including phenoxy) is 2. The highest BCUT2D eigenvalue weighted by Gasteiger charge is 2.39. The molecule has 232 valence electrons. The molecule has 0 aliphatic carbocycles. The van der Waals surface area contributed by atoms with Crippen molar-refractivity contribution in [1.82, 2.24) is 24.8 Å². The Morgan fingerprint density at radius 2 is 1.98 bits per heavy atom. The predicted octanol–water partition coefficient (Wildman–Crippen LogP) is 5.42. The second-order valence-electron chi connectivity index (χ2n) is 10.7. The smallest absolute Gasteiger partial charge is 0.417 e.